The molecule has 1 aromatic carbocycles. The van der Waals surface area contributed by atoms with Crippen molar-refractivity contribution < 1.29 is 4.92 Å². The lowest BCUT2D eigenvalue weighted by Crippen LogP contribution is -2.38. The third-order valence-corrected chi connectivity index (χ3v) is 5.47. The normalized spacial score (nSPS) is 11.5. The van der Waals surface area contributed by atoms with Crippen LogP contribution in [0.5, 0.6) is 0 Å². The zero-order valence-corrected chi connectivity index (χ0v) is 17.6. The largest absolute Gasteiger partial charge is 0.357 e. The first-order valence-electron chi connectivity index (χ1n) is 9.68. The molecule has 1 heterocycles. The molecule has 0 aliphatic rings. The number of nitro benzene ring substituents is 1. The molecule has 0 aliphatic carbocycles. The number of thiazole rings is 1. The summed E-state index contributed by atoms with van der Waals surface area (Å²) in [6.07, 6.45) is 3.76. The standard InChI is InChI=1S/C20H29N5O2S/c1-4-21-20(23-14-12-19-24-15(2)16(3)28-19)22-13-6-5-7-17-8-10-18(11-9-17)25(26)27/h8-11H,4-7,12-14H2,1-3H3,(H2,21,22,23). The van der Waals surface area contributed by atoms with Gasteiger partial charge in [0.2, 0.25) is 0 Å². The summed E-state index contributed by atoms with van der Waals surface area (Å²) in [5, 5.41) is 18.5. The number of guanidine groups is 1. The number of hydrogen-bond donors (Lipinski definition) is 2. The van der Waals surface area contributed by atoms with Crippen LogP contribution >= 0.6 is 11.3 Å². The maximum absolute atomic E-state index is 10.7. The molecule has 2 N–H and O–H groups in total. The van der Waals surface area contributed by atoms with Crippen LogP contribution in [-0.2, 0) is 12.8 Å². The van der Waals surface area contributed by atoms with Crippen molar-refractivity contribution in [2.24, 2.45) is 4.99 Å². The number of nitrogens with zero attached hydrogens (tertiary/aromatic N) is 3. The van der Waals surface area contributed by atoms with E-state index in [4.69, 9.17) is 0 Å². The summed E-state index contributed by atoms with van der Waals surface area (Å²) in [6.45, 7) is 8.58. The Morgan fingerprint density at radius 1 is 1.18 bits per heavy atom. The summed E-state index contributed by atoms with van der Waals surface area (Å²) < 4.78 is 0. The van der Waals surface area contributed by atoms with Gasteiger partial charge in [-0.05, 0) is 45.6 Å². The van der Waals surface area contributed by atoms with E-state index in [0.29, 0.717) is 0 Å². The first kappa shape index (κ1) is 21.8. The predicted molar refractivity (Wildman–Crippen MR) is 115 cm³/mol. The number of unbranched alkanes of at least 4 members (excludes halogenated alkanes) is 1. The quantitative estimate of drug-likeness (QED) is 0.207. The summed E-state index contributed by atoms with van der Waals surface area (Å²) in [4.78, 5) is 20.8. The van der Waals surface area contributed by atoms with Gasteiger partial charge in [-0.15, -0.1) is 11.3 Å². The van der Waals surface area contributed by atoms with Gasteiger partial charge in [0.25, 0.3) is 5.69 Å². The lowest BCUT2D eigenvalue weighted by molar-refractivity contribution is -0.384. The lowest BCUT2D eigenvalue weighted by atomic mass is 10.1. The van der Waals surface area contributed by atoms with Crippen molar-refractivity contribution in [1.82, 2.24) is 15.6 Å². The lowest BCUT2D eigenvalue weighted by Gasteiger charge is -2.10. The Bertz CT molecular complexity index is 767. The van der Waals surface area contributed by atoms with Gasteiger partial charge >= 0.3 is 0 Å². The van der Waals surface area contributed by atoms with E-state index in [1.54, 1.807) is 23.5 Å². The van der Waals surface area contributed by atoms with Gasteiger partial charge in [-0.2, -0.15) is 0 Å². The second-order valence-corrected chi connectivity index (χ2v) is 7.86. The molecule has 0 atom stereocenters. The smallest absolute Gasteiger partial charge is 0.269 e. The third kappa shape index (κ3) is 7.26. The van der Waals surface area contributed by atoms with Gasteiger partial charge in [0.15, 0.2) is 5.96 Å². The molecule has 28 heavy (non-hydrogen) atoms. The summed E-state index contributed by atoms with van der Waals surface area (Å²) in [6, 6.07) is 6.78. The fourth-order valence-electron chi connectivity index (χ4n) is 2.69. The number of aliphatic imine (C=N–C) groups is 1. The SMILES string of the molecule is CCNC(=NCCCCc1ccc([N+](=O)[O-])cc1)NCCc1nc(C)c(C)s1. The van der Waals surface area contributed by atoms with Crippen molar-refractivity contribution in [3.63, 3.8) is 0 Å². The second-order valence-electron chi connectivity index (χ2n) is 6.57. The number of non-ortho nitro benzene ring substituents is 1. The highest BCUT2D eigenvalue weighted by atomic mass is 32.1. The minimum absolute atomic E-state index is 0.137. The summed E-state index contributed by atoms with van der Waals surface area (Å²) in [5.74, 6) is 0.836. The van der Waals surface area contributed by atoms with Crippen molar-refractivity contribution in [1.29, 1.82) is 0 Å². The highest BCUT2D eigenvalue weighted by Gasteiger charge is 2.05. The van der Waals surface area contributed by atoms with Crippen LogP contribution in [0.3, 0.4) is 0 Å². The van der Waals surface area contributed by atoms with Crippen LogP contribution in [0.15, 0.2) is 29.3 Å². The molecule has 0 unspecified atom stereocenters. The number of rotatable bonds is 10. The van der Waals surface area contributed by atoms with E-state index in [-0.39, 0.29) is 10.6 Å². The molecule has 0 saturated heterocycles. The van der Waals surface area contributed by atoms with Crippen molar-refractivity contribution in [3.8, 4) is 0 Å². The molecular formula is C20H29N5O2S. The average molecular weight is 404 g/mol. The van der Waals surface area contributed by atoms with Gasteiger partial charge < -0.3 is 10.6 Å². The predicted octanol–water partition coefficient (Wildman–Crippen LogP) is 3.79. The summed E-state index contributed by atoms with van der Waals surface area (Å²) >= 11 is 1.76. The third-order valence-electron chi connectivity index (χ3n) is 4.34. The molecule has 0 bridgehead atoms. The molecule has 0 aliphatic heterocycles. The average Bonchev–Trinajstić information content (AvgIpc) is 2.99. The number of hydrogen-bond acceptors (Lipinski definition) is 5. The van der Waals surface area contributed by atoms with Gasteiger partial charge in [0.1, 0.15) is 0 Å². The molecule has 0 fully saturated rings. The Labute approximate surface area is 170 Å². The van der Waals surface area contributed by atoms with Crippen LogP contribution in [0.4, 0.5) is 5.69 Å². The Morgan fingerprint density at radius 3 is 2.54 bits per heavy atom. The molecule has 2 rings (SSSR count). The summed E-state index contributed by atoms with van der Waals surface area (Å²) in [7, 11) is 0. The first-order valence-corrected chi connectivity index (χ1v) is 10.5. The maximum atomic E-state index is 10.7. The van der Waals surface area contributed by atoms with Gasteiger partial charge in [-0.3, -0.25) is 15.1 Å². The molecule has 8 heteroatoms. The molecule has 0 spiro atoms. The molecule has 0 amide bonds. The molecule has 0 saturated carbocycles. The second kappa shape index (κ2) is 11.4. The Hall–Kier alpha value is -2.48. The van der Waals surface area contributed by atoms with Crippen LogP contribution in [0.25, 0.3) is 0 Å². The molecule has 1 aromatic heterocycles. The fraction of sp³-hybridized carbons (Fsp3) is 0.500. The van der Waals surface area contributed by atoms with Crippen LogP contribution in [-0.4, -0.2) is 35.5 Å². The highest BCUT2D eigenvalue weighted by Crippen LogP contribution is 2.16. The topological polar surface area (TPSA) is 92.5 Å². The number of nitrogens with one attached hydrogen (secondary N) is 2. The number of aryl methyl sites for hydroxylation is 3. The number of aromatic nitrogens is 1. The molecule has 152 valence electrons. The Balaban J connectivity index is 1.70. The van der Waals surface area contributed by atoms with E-state index in [2.05, 4.69) is 34.5 Å². The molecular weight excluding hydrogens is 374 g/mol. The van der Waals surface area contributed by atoms with E-state index in [1.165, 1.54) is 4.88 Å². The van der Waals surface area contributed by atoms with Gasteiger partial charge in [-0.1, -0.05) is 12.1 Å². The van der Waals surface area contributed by atoms with Crippen molar-refractivity contribution >= 4 is 23.0 Å². The molecule has 7 nitrogen and oxygen atoms in total. The van der Waals surface area contributed by atoms with Crippen LogP contribution in [0, 0.1) is 24.0 Å². The first-order chi connectivity index (χ1) is 13.5. The number of nitro groups is 1. The Morgan fingerprint density at radius 2 is 1.93 bits per heavy atom. The van der Waals surface area contributed by atoms with E-state index in [1.807, 2.05) is 19.1 Å². The summed E-state index contributed by atoms with van der Waals surface area (Å²) in [5.41, 5.74) is 2.38. The van der Waals surface area contributed by atoms with Gasteiger partial charge in [0, 0.05) is 43.1 Å². The zero-order chi connectivity index (χ0) is 20.4. The van der Waals surface area contributed by atoms with Crippen LogP contribution in [0.1, 0.15) is 40.9 Å². The van der Waals surface area contributed by atoms with E-state index < -0.39 is 0 Å². The van der Waals surface area contributed by atoms with Crippen molar-refractivity contribution in [2.45, 2.75) is 46.5 Å². The Kier molecular flexibility index (Phi) is 8.87. The monoisotopic (exact) mass is 403 g/mol. The van der Waals surface area contributed by atoms with E-state index >= 15 is 0 Å². The minimum Gasteiger partial charge on any atom is -0.357 e. The van der Waals surface area contributed by atoms with Crippen LogP contribution in [0.2, 0.25) is 0 Å². The number of benzene rings is 1. The van der Waals surface area contributed by atoms with E-state index in [9.17, 15) is 10.1 Å². The van der Waals surface area contributed by atoms with Gasteiger partial charge in [0.05, 0.1) is 15.6 Å². The minimum atomic E-state index is -0.370. The molecule has 0 radical (unpaired) electrons. The van der Waals surface area contributed by atoms with E-state index in [0.717, 1.165) is 67.5 Å². The van der Waals surface area contributed by atoms with Gasteiger partial charge in [-0.25, -0.2) is 4.98 Å². The fourth-order valence-corrected chi connectivity index (χ4v) is 3.63. The zero-order valence-electron chi connectivity index (χ0n) is 16.8. The van der Waals surface area contributed by atoms with Crippen molar-refractivity contribution in [3.05, 3.63) is 55.5 Å². The van der Waals surface area contributed by atoms with Crippen molar-refractivity contribution in [2.75, 3.05) is 19.6 Å². The molecule has 2 aromatic rings. The van der Waals surface area contributed by atoms with Crippen LogP contribution < -0.4 is 10.6 Å². The maximum Gasteiger partial charge on any atom is 0.269 e. The highest BCUT2D eigenvalue weighted by molar-refractivity contribution is 7.11.